The van der Waals surface area contributed by atoms with Gasteiger partial charge in [-0.25, -0.2) is 0 Å². The Labute approximate surface area is 153 Å². The van der Waals surface area contributed by atoms with Gasteiger partial charge >= 0.3 is 0 Å². The minimum atomic E-state index is -0.424. The topological polar surface area (TPSA) is 74.6 Å². The van der Waals surface area contributed by atoms with Crippen molar-refractivity contribution < 1.29 is 19.8 Å². The maximum absolute atomic E-state index is 12.9. The number of hydrogen-bond donors (Lipinski definition) is 2. The third-order valence-electron chi connectivity index (χ3n) is 5.28. The van der Waals surface area contributed by atoms with Crippen LogP contribution in [0.5, 0.6) is 11.5 Å². The highest BCUT2D eigenvalue weighted by molar-refractivity contribution is 6.30. The summed E-state index contributed by atoms with van der Waals surface area (Å²) in [6.45, 7) is 4.23. The van der Waals surface area contributed by atoms with Crippen LogP contribution in [-0.4, -0.2) is 21.8 Å². The predicted molar refractivity (Wildman–Crippen MR) is 100 cm³/mol. The highest BCUT2D eigenvalue weighted by Crippen LogP contribution is 2.41. The van der Waals surface area contributed by atoms with E-state index in [1.165, 1.54) is 6.07 Å². The highest BCUT2D eigenvalue weighted by Gasteiger charge is 2.35. The molecule has 0 aliphatic heterocycles. The van der Waals surface area contributed by atoms with Gasteiger partial charge in [-0.1, -0.05) is 63.8 Å². The molecular weight excluding hydrogens is 328 g/mol. The van der Waals surface area contributed by atoms with Gasteiger partial charge in [0.15, 0.2) is 11.6 Å². The average molecular weight is 352 g/mol. The molecule has 0 heterocycles. The maximum atomic E-state index is 12.9. The molecule has 0 saturated heterocycles. The van der Waals surface area contributed by atoms with Crippen LogP contribution >= 0.6 is 0 Å². The first-order valence-electron chi connectivity index (χ1n) is 9.25. The largest absolute Gasteiger partial charge is 0.507 e. The van der Waals surface area contributed by atoms with E-state index in [0.29, 0.717) is 17.9 Å². The Morgan fingerprint density at radius 1 is 0.962 bits per heavy atom. The molecule has 26 heavy (non-hydrogen) atoms. The van der Waals surface area contributed by atoms with E-state index in [9.17, 15) is 19.8 Å². The van der Waals surface area contributed by atoms with Gasteiger partial charge in [0.25, 0.3) is 0 Å². The van der Waals surface area contributed by atoms with E-state index in [0.717, 1.165) is 25.7 Å². The summed E-state index contributed by atoms with van der Waals surface area (Å²) in [6, 6.07) is 7.97. The Hall–Kier alpha value is -2.62. The SMILES string of the molecule is CCCCC(CC)Cc1cc(O)c2c(c1O)C(=O)c1ccccc1C2=O. The van der Waals surface area contributed by atoms with Crippen molar-refractivity contribution in [2.24, 2.45) is 5.92 Å². The van der Waals surface area contributed by atoms with Crippen LogP contribution in [0.1, 0.15) is 76.9 Å². The second-order valence-corrected chi connectivity index (χ2v) is 6.98. The smallest absolute Gasteiger partial charge is 0.198 e. The lowest BCUT2D eigenvalue weighted by atomic mass is 9.80. The molecule has 2 aromatic rings. The Bertz CT molecular complexity index is 867. The number of benzene rings is 2. The number of hydrogen-bond acceptors (Lipinski definition) is 4. The van der Waals surface area contributed by atoms with Gasteiger partial charge in [0.05, 0.1) is 11.1 Å². The van der Waals surface area contributed by atoms with Crippen molar-refractivity contribution in [3.05, 3.63) is 58.1 Å². The Morgan fingerprint density at radius 3 is 2.15 bits per heavy atom. The van der Waals surface area contributed by atoms with Crippen molar-refractivity contribution in [1.29, 1.82) is 0 Å². The van der Waals surface area contributed by atoms with E-state index < -0.39 is 11.6 Å². The number of phenols is 2. The third-order valence-corrected chi connectivity index (χ3v) is 5.28. The van der Waals surface area contributed by atoms with E-state index in [-0.39, 0.29) is 33.8 Å². The van der Waals surface area contributed by atoms with Gasteiger partial charge in [0.2, 0.25) is 0 Å². The molecule has 1 aliphatic carbocycles. The summed E-state index contributed by atoms with van der Waals surface area (Å²) in [5, 5.41) is 21.2. The number of carbonyl (C=O) groups excluding carboxylic acids is 2. The van der Waals surface area contributed by atoms with Crippen molar-refractivity contribution in [3.8, 4) is 11.5 Å². The molecule has 1 atom stereocenters. The fraction of sp³-hybridized carbons (Fsp3) is 0.364. The van der Waals surface area contributed by atoms with Gasteiger partial charge in [0.1, 0.15) is 11.5 Å². The van der Waals surface area contributed by atoms with Crippen molar-refractivity contribution in [3.63, 3.8) is 0 Å². The number of rotatable bonds is 6. The Morgan fingerprint density at radius 2 is 1.58 bits per heavy atom. The lowest BCUT2D eigenvalue weighted by Gasteiger charge is -2.22. The molecular formula is C22H24O4. The molecule has 0 saturated carbocycles. The number of ketones is 2. The van der Waals surface area contributed by atoms with Crippen LogP contribution in [0.15, 0.2) is 30.3 Å². The van der Waals surface area contributed by atoms with Crippen LogP contribution in [0, 0.1) is 5.92 Å². The minimum Gasteiger partial charge on any atom is -0.507 e. The van der Waals surface area contributed by atoms with E-state index in [2.05, 4.69) is 13.8 Å². The second kappa shape index (κ2) is 7.32. The molecule has 4 nitrogen and oxygen atoms in total. The first-order valence-corrected chi connectivity index (χ1v) is 9.25. The van der Waals surface area contributed by atoms with E-state index in [4.69, 9.17) is 0 Å². The van der Waals surface area contributed by atoms with Gasteiger partial charge in [0, 0.05) is 11.1 Å². The van der Waals surface area contributed by atoms with Gasteiger partial charge in [-0.05, 0) is 24.0 Å². The van der Waals surface area contributed by atoms with Crippen molar-refractivity contribution >= 4 is 11.6 Å². The lowest BCUT2D eigenvalue weighted by molar-refractivity contribution is 0.0974. The summed E-state index contributed by atoms with van der Waals surface area (Å²) in [4.78, 5) is 25.6. The number of aromatic hydroxyl groups is 2. The molecule has 1 aliphatic rings. The summed E-state index contributed by atoms with van der Waals surface area (Å²) < 4.78 is 0. The quantitative estimate of drug-likeness (QED) is 0.634. The molecule has 0 radical (unpaired) electrons. The zero-order valence-corrected chi connectivity index (χ0v) is 15.2. The summed E-state index contributed by atoms with van der Waals surface area (Å²) >= 11 is 0. The summed E-state index contributed by atoms with van der Waals surface area (Å²) in [7, 11) is 0. The monoisotopic (exact) mass is 352 g/mol. The van der Waals surface area contributed by atoms with E-state index >= 15 is 0 Å². The van der Waals surface area contributed by atoms with Crippen LogP contribution in [0.2, 0.25) is 0 Å². The summed E-state index contributed by atoms with van der Waals surface area (Å²) in [5.74, 6) is -0.870. The molecule has 0 aromatic heterocycles. The molecule has 1 unspecified atom stereocenters. The normalized spacial score (nSPS) is 14.1. The Kier molecular flexibility index (Phi) is 5.12. The van der Waals surface area contributed by atoms with E-state index in [1.54, 1.807) is 24.3 Å². The minimum absolute atomic E-state index is 0.0611. The predicted octanol–water partition coefficient (Wildman–Crippen LogP) is 4.63. The van der Waals surface area contributed by atoms with Crippen LogP contribution < -0.4 is 0 Å². The van der Waals surface area contributed by atoms with E-state index in [1.807, 2.05) is 0 Å². The standard InChI is InChI=1S/C22H24O4/c1-3-5-8-13(4-2)11-14-12-17(23)18-19(20(14)24)22(26)16-10-7-6-9-15(16)21(18)25/h6-7,9-10,12-13,23-24H,3-5,8,11H2,1-2H3. The molecule has 0 amide bonds. The van der Waals surface area contributed by atoms with Crippen molar-refractivity contribution in [2.45, 2.75) is 46.0 Å². The molecule has 0 bridgehead atoms. The number of carbonyl (C=O) groups is 2. The van der Waals surface area contributed by atoms with Crippen LogP contribution in [-0.2, 0) is 6.42 Å². The van der Waals surface area contributed by atoms with Crippen molar-refractivity contribution in [2.75, 3.05) is 0 Å². The van der Waals surface area contributed by atoms with Crippen LogP contribution in [0.3, 0.4) is 0 Å². The molecule has 2 aromatic carbocycles. The zero-order valence-electron chi connectivity index (χ0n) is 15.2. The van der Waals surface area contributed by atoms with Crippen molar-refractivity contribution in [1.82, 2.24) is 0 Å². The average Bonchev–Trinajstić information content (AvgIpc) is 2.65. The first kappa shape index (κ1) is 18.2. The third kappa shape index (κ3) is 3.00. The first-order chi connectivity index (χ1) is 12.5. The van der Waals surface area contributed by atoms with Crippen LogP contribution in [0.4, 0.5) is 0 Å². The molecule has 136 valence electrons. The molecule has 0 spiro atoms. The molecule has 0 fully saturated rings. The molecule has 3 rings (SSSR count). The fourth-order valence-corrected chi connectivity index (χ4v) is 3.72. The molecule has 2 N–H and O–H groups in total. The Balaban J connectivity index is 2.07. The van der Waals surface area contributed by atoms with Gasteiger partial charge in [-0.15, -0.1) is 0 Å². The summed E-state index contributed by atoms with van der Waals surface area (Å²) in [6.07, 6.45) is 4.75. The number of fused-ring (bicyclic) bond motifs is 2. The van der Waals surface area contributed by atoms with Gasteiger partial charge in [-0.3, -0.25) is 9.59 Å². The highest BCUT2D eigenvalue weighted by atomic mass is 16.3. The second-order valence-electron chi connectivity index (χ2n) is 6.98. The number of unbranched alkanes of at least 4 members (excludes halogenated alkanes) is 1. The fourth-order valence-electron chi connectivity index (χ4n) is 3.72. The number of phenolic OH excluding ortho intramolecular Hbond substituents is 2. The van der Waals surface area contributed by atoms with Gasteiger partial charge in [-0.2, -0.15) is 0 Å². The zero-order chi connectivity index (χ0) is 18.8. The lowest BCUT2D eigenvalue weighted by Crippen LogP contribution is -2.22. The maximum Gasteiger partial charge on any atom is 0.198 e. The molecule has 4 heteroatoms. The summed E-state index contributed by atoms with van der Waals surface area (Å²) in [5.41, 5.74) is 0.923. The van der Waals surface area contributed by atoms with Crippen LogP contribution in [0.25, 0.3) is 0 Å². The van der Waals surface area contributed by atoms with Gasteiger partial charge < -0.3 is 10.2 Å².